The second-order valence-electron chi connectivity index (χ2n) is 3.95. The van der Waals surface area contributed by atoms with E-state index in [1.165, 1.54) is 0 Å². The van der Waals surface area contributed by atoms with Gasteiger partial charge in [-0.2, -0.15) is 14.6 Å². The highest BCUT2D eigenvalue weighted by Crippen LogP contribution is 2.30. The van der Waals surface area contributed by atoms with Crippen LogP contribution in [0.3, 0.4) is 0 Å². The van der Waals surface area contributed by atoms with Gasteiger partial charge in [-0.05, 0) is 48.7 Å². The molecular formula is C13H9ClFN3O. The molecular weight excluding hydrogens is 269 g/mol. The normalized spacial score (nSPS) is 10.1. The molecule has 0 aliphatic heterocycles. The zero-order valence-corrected chi connectivity index (χ0v) is 11.0. The summed E-state index contributed by atoms with van der Waals surface area (Å²) >= 11 is 5.60. The van der Waals surface area contributed by atoms with Crippen molar-refractivity contribution < 1.29 is 9.13 Å². The fourth-order valence-corrected chi connectivity index (χ4v) is 1.80. The molecule has 4 nitrogen and oxygen atoms in total. The molecule has 0 aliphatic carbocycles. The van der Waals surface area contributed by atoms with Crippen LogP contribution in [-0.4, -0.2) is 9.97 Å². The van der Waals surface area contributed by atoms with Crippen molar-refractivity contribution in [2.24, 2.45) is 0 Å². The molecule has 0 saturated heterocycles. The summed E-state index contributed by atoms with van der Waals surface area (Å²) in [5.74, 6) is -0.490. The number of ether oxygens (including phenoxy) is 1. The van der Waals surface area contributed by atoms with Crippen LogP contribution in [0, 0.1) is 31.0 Å². The summed E-state index contributed by atoms with van der Waals surface area (Å²) in [6.07, 6.45) is 0.943. The Kier molecular flexibility index (Phi) is 3.63. The Hall–Kier alpha value is -2.19. The van der Waals surface area contributed by atoms with Gasteiger partial charge in [0.2, 0.25) is 11.1 Å². The van der Waals surface area contributed by atoms with E-state index in [1.54, 1.807) is 26.0 Å². The first-order valence-corrected chi connectivity index (χ1v) is 5.76. The van der Waals surface area contributed by atoms with E-state index in [2.05, 4.69) is 9.97 Å². The molecule has 2 rings (SSSR count). The van der Waals surface area contributed by atoms with Crippen molar-refractivity contribution in [2.45, 2.75) is 13.8 Å². The van der Waals surface area contributed by atoms with Crippen LogP contribution < -0.4 is 4.74 Å². The fraction of sp³-hybridized carbons (Fsp3) is 0.154. The minimum Gasteiger partial charge on any atom is -0.436 e. The van der Waals surface area contributed by atoms with Gasteiger partial charge in [0.05, 0.1) is 17.8 Å². The summed E-state index contributed by atoms with van der Waals surface area (Å²) in [7, 11) is 0. The van der Waals surface area contributed by atoms with Crippen molar-refractivity contribution in [3.8, 4) is 17.7 Å². The SMILES string of the molecule is Cc1cc(C#N)cc(C)c1Oc1nc(Cl)ncc1F. The number of hydrogen-bond acceptors (Lipinski definition) is 4. The van der Waals surface area contributed by atoms with Crippen LogP contribution in [0.2, 0.25) is 5.28 Å². The minimum absolute atomic E-state index is 0.0969. The van der Waals surface area contributed by atoms with Gasteiger partial charge in [0.15, 0.2) is 0 Å². The highest BCUT2D eigenvalue weighted by Gasteiger charge is 2.13. The van der Waals surface area contributed by atoms with E-state index in [4.69, 9.17) is 21.6 Å². The van der Waals surface area contributed by atoms with Crippen LogP contribution in [0.15, 0.2) is 18.3 Å². The van der Waals surface area contributed by atoms with Gasteiger partial charge in [-0.1, -0.05) is 0 Å². The molecule has 0 amide bonds. The first-order valence-electron chi connectivity index (χ1n) is 5.38. The number of rotatable bonds is 2. The number of nitrogens with zero attached hydrogens (tertiary/aromatic N) is 3. The van der Waals surface area contributed by atoms with E-state index < -0.39 is 5.82 Å². The smallest absolute Gasteiger partial charge is 0.260 e. The van der Waals surface area contributed by atoms with Crippen LogP contribution in [0.25, 0.3) is 0 Å². The van der Waals surface area contributed by atoms with Crippen LogP contribution in [-0.2, 0) is 0 Å². The largest absolute Gasteiger partial charge is 0.436 e. The lowest BCUT2D eigenvalue weighted by Gasteiger charge is -2.11. The van der Waals surface area contributed by atoms with Crippen molar-refractivity contribution in [2.75, 3.05) is 0 Å². The van der Waals surface area contributed by atoms with Crippen LogP contribution >= 0.6 is 11.6 Å². The molecule has 96 valence electrons. The molecule has 0 bridgehead atoms. The summed E-state index contributed by atoms with van der Waals surface area (Å²) in [5.41, 5.74) is 1.94. The highest BCUT2D eigenvalue weighted by atomic mass is 35.5. The molecule has 0 atom stereocenters. The van der Waals surface area contributed by atoms with E-state index in [9.17, 15) is 4.39 Å². The zero-order chi connectivity index (χ0) is 14.0. The maximum atomic E-state index is 13.5. The third kappa shape index (κ3) is 2.80. The number of aromatic nitrogens is 2. The second-order valence-corrected chi connectivity index (χ2v) is 4.28. The average Bonchev–Trinajstić information content (AvgIpc) is 2.37. The van der Waals surface area contributed by atoms with Gasteiger partial charge in [-0.25, -0.2) is 4.98 Å². The Morgan fingerprint density at radius 3 is 2.53 bits per heavy atom. The Labute approximate surface area is 114 Å². The maximum absolute atomic E-state index is 13.5. The Balaban J connectivity index is 2.44. The van der Waals surface area contributed by atoms with Gasteiger partial charge >= 0.3 is 0 Å². The van der Waals surface area contributed by atoms with Crippen LogP contribution in [0.1, 0.15) is 16.7 Å². The van der Waals surface area contributed by atoms with Gasteiger partial charge in [-0.15, -0.1) is 0 Å². The topological polar surface area (TPSA) is 58.8 Å². The van der Waals surface area contributed by atoms with Gasteiger partial charge in [0, 0.05) is 0 Å². The molecule has 1 aromatic carbocycles. The Bertz CT molecular complexity index is 659. The molecule has 0 N–H and O–H groups in total. The number of aryl methyl sites for hydroxylation is 2. The lowest BCUT2D eigenvalue weighted by molar-refractivity contribution is 0.415. The maximum Gasteiger partial charge on any atom is 0.260 e. The first kappa shape index (κ1) is 13.2. The summed E-state index contributed by atoms with van der Waals surface area (Å²) in [6.45, 7) is 3.54. The molecule has 1 heterocycles. The van der Waals surface area contributed by atoms with E-state index in [0.29, 0.717) is 22.4 Å². The quantitative estimate of drug-likeness (QED) is 0.788. The van der Waals surface area contributed by atoms with Crippen molar-refractivity contribution in [3.63, 3.8) is 0 Å². The molecule has 19 heavy (non-hydrogen) atoms. The summed E-state index contributed by atoms with van der Waals surface area (Å²) in [6, 6.07) is 5.36. The third-order valence-corrected chi connectivity index (χ3v) is 2.65. The number of hydrogen-bond donors (Lipinski definition) is 0. The number of nitriles is 1. The average molecular weight is 278 g/mol. The zero-order valence-electron chi connectivity index (χ0n) is 10.2. The lowest BCUT2D eigenvalue weighted by atomic mass is 10.1. The first-order chi connectivity index (χ1) is 9.01. The van der Waals surface area contributed by atoms with Crippen molar-refractivity contribution in [1.29, 1.82) is 5.26 Å². The lowest BCUT2D eigenvalue weighted by Crippen LogP contribution is -1.98. The third-order valence-electron chi connectivity index (χ3n) is 2.47. The van der Waals surface area contributed by atoms with Gasteiger partial charge in [0.25, 0.3) is 5.88 Å². The summed E-state index contributed by atoms with van der Waals surface area (Å²) < 4.78 is 18.9. The van der Waals surface area contributed by atoms with Crippen LogP contribution in [0.5, 0.6) is 11.6 Å². The van der Waals surface area contributed by atoms with Crippen molar-refractivity contribution >= 4 is 11.6 Å². The Morgan fingerprint density at radius 1 is 1.32 bits per heavy atom. The summed E-state index contributed by atoms with van der Waals surface area (Å²) in [4.78, 5) is 7.19. The molecule has 0 fully saturated rings. The highest BCUT2D eigenvalue weighted by molar-refractivity contribution is 6.28. The van der Waals surface area contributed by atoms with E-state index in [1.807, 2.05) is 6.07 Å². The van der Waals surface area contributed by atoms with Gasteiger partial charge < -0.3 is 4.74 Å². The molecule has 0 radical (unpaired) electrons. The number of benzene rings is 1. The van der Waals surface area contributed by atoms with E-state index >= 15 is 0 Å². The molecule has 0 unspecified atom stereocenters. The van der Waals surface area contributed by atoms with Crippen molar-refractivity contribution in [3.05, 3.63) is 46.1 Å². The predicted octanol–water partition coefficient (Wildman–Crippen LogP) is 3.55. The van der Waals surface area contributed by atoms with Gasteiger partial charge in [-0.3, -0.25) is 0 Å². The molecule has 6 heteroatoms. The molecule has 1 aromatic heterocycles. The standard InChI is InChI=1S/C13H9ClFN3O/c1-7-3-9(5-16)4-8(2)11(7)19-12-10(15)6-17-13(14)18-12/h3-4,6H,1-2H3. The summed E-state index contributed by atoms with van der Waals surface area (Å²) in [5, 5.41) is 8.76. The Morgan fingerprint density at radius 2 is 1.95 bits per heavy atom. The fourth-order valence-electron chi connectivity index (χ4n) is 1.68. The van der Waals surface area contributed by atoms with Gasteiger partial charge in [0.1, 0.15) is 5.75 Å². The molecule has 0 spiro atoms. The van der Waals surface area contributed by atoms with E-state index in [0.717, 1.165) is 6.20 Å². The number of halogens is 2. The molecule has 0 saturated carbocycles. The second kappa shape index (κ2) is 5.21. The van der Waals surface area contributed by atoms with Crippen molar-refractivity contribution in [1.82, 2.24) is 9.97 Å². The van der Waals surface area contributed by atoms with Crippen LogP contribution in [0.4, 0.5) is 4.39 Å². The molecule has 0 aliphatic rings. The van der Waals surface area contributed by atoms with E-state index in [-0.39, 0.29) is 11.2 Å². The molecule has 2 aromatic rings. The monoisotopic (exact) mass is 277 g/mol. The minimum atomic E-state index is -0.701. The predicted molar refractivity (Wildman–Crippen MR) is 67.7 cm³/mol.